The third-order valence-electron chi connectivity index (χ3n) is 5.21. The van der Waals surface area contributed by atoms with E-state index in [9.17, 15) is 9.90 Å². The molecule has 36 heavy (non-hydrogen) atoms. The first-order valence-electron chi connectivity index (χ1n) is 10.9. The van der Waals surface area contributed by atoms with Gasteiger partial charge in [0, 0.05) is 30.2 Å². The lowest BCUT2D eigenvalue weighted by molar-refractivity contribution is 0.0688. The summed E-state index contributed by atoms with van der Waals surface area (Å²) in [5, 5.41) is 10.5. The van der Waals surface area contributed by atoms with Gasteiger partial charge in [-0.3, -0.25) is 14.3 Å². The number of ether oxygens (including phenoxy) is 2. The van der Waals surface area contributed by atoms with E-state index in [-0.39, 0.29) is 27.5 Å². The summed E-state index contributed by atoms with van der Waals surface area (Å²) in [5.74, 6) is 1.10. The van der Waals surface area contributed by atoms with Crippen LogP contribution in [0.3, 0.4) is 0 Å². The van der Waals surface area contributed by atoms with E-state index < -0.39 is 5.60 Å². The van der Waals surface area contributed by atoms with Crippen LogP contribution in [-0.2, 0) is 12.2 Å². The molecule has 4 heterocycles. The third kappa shape index (κ3) is 5.40. The van der Waals surface area contributed by atoms with Crippen LogP contribution < -0.4 is 15.0 Å². The molecule has 0 fully saturated rings. The van der Waals surface area contributed by atoms with E-state index in [4.69, 9.17) is 21.1 Å². The molecule has 0 aliphatic carbocycles. The minimum atomic E-state index is -1.22. The second-order valence-corrected chi connectivity index (χ2v) is 9.61. The number of rotatable bonds is 7. The fourth-order valence-corrected chi connectivity index (χ4v) is 4.02. The molecule has 11 heteroatoms. The van der Waals surface area contributed by atoms with E-state index in [1.54, 1.807) is 64.4 Å². The maximum atomic E-state index is 13.4. The first kappa shape index (κ1) is 25.7. The minimum absolute atomic E-state index is 0.149. The highest BCUT2D eigenvalue weighted by Gasteiger charge is 2.21. The molecule has 0 amide bonds. The number of halogens is 2. The average Bonchev–Trinajstić information content (AvgIpc) is 2.86. The largest absolute Gasteiger partial charge is 0.486 e. The lowest BCUT2D eigenvalue weighted by atomic mass is 10.1. The van der Waals surface area contributed by atoms with Crippen molar-refractivity contribution in [3.8, 4) is 28.7 Å². The van der Waals surface area contributed by atoms with Crippen molar-refractivity contribution in [3.05, 3.63) is 85.9 Å². The molecule has 9 nitrogen and oxygen atoms in total. The predicted octanol–water partition coefficient (Wildman–Crippen LogP) is 4.62. The molecule has 0 aliphatic rings. The van der Waals surface area contributed by atoms with Crippen molar-refractivity contribution in [2.24, 2.45) is 0 Å². The highest BCUT2D eigenvalue weighted by molar-refractivity contribution is 9.10. The molecular formula is C25H23BrClN5O4. The van der Waals surface area contributed by atoms with Gasteiger partial charge in [0.05, 0.1) is 34.9 Å². The van der Waals surface area contributed by atoms with Gasteiger partial charge < -0.3 is 14.6 Å². The fraction of sp³-hybridized carbons (Fsp3) is 0.240. The summed E-state index contributed by atoms with van der Waals surface area (Å²) in [6.45, 7) is 5.12. The van der Waals surface area contributed by atoms with Crippen LogP contribution in [-0.4, -0.2) is 36.7 Å². The molecule has 0 spiro atoms. The van der Waals surface area contributed by atoms with Crippen molar-refractivity contribution >= 4 is 27.5 Å². The maximum absolute atomic E-state index is 13.4. The van der Waals surface area contributed by atoms with E-state index in [0.717, 1.165) is 0 Å². The van der Waals surface area contributed by atoms with Crippen LogP contribution in [0, 0.1) is 6.92 Å². The molecule has 0 saturated carbocycles. The number of hydrogen-bond acceptors (Lipinski definition) is 8. The monoisotopic (exact) mass is 571 g/mol. The fourth-order valence-electron chi connectivity index (χ4n) is 3.42. The van der Waals surface area contributed by atoms with Crippen LogP contribution in [0.2, 0.25) is 5.02 Å². The Labute approximate surface area is 220 Å². The zero-order valence-corrected chi connectivity index (χ0v) is 22.3. The topological polar surface area (TPSA) is 112 Å². The van der Waals surface area contributed by atoms with E-state index in [2.05, 4.69) is 35.9 Å². The first-order valence-corrected chi connectivity index (χ1v) is 12.0. The van der Waals surface area contributed by atoms with Gasteiger partial charge in [0.2, 0.25) is 5.88 Å². The van der Waals surface area contributed by atoms with Crippen molar-refractivity contribution in [2.45, 2.75) is 33.0 Å². The molecule has 0 unspecified atom stereocenters. The molecule has 0 radical (unpaired) electrons. The number of aryl methyl sites for hydroxylation is 1. The van der Waals surface area contributed by atoms with Crippen LogP contribution in [0.4, 0.5) is 0 Å². The third-order valence-corrected chi connectivity index (χ3v) is 6.23. The second kappa shape index (κ2) is 10.3. The van der Waals surface area contributed by atoms with Gasteiger partial charge in [0.25, 0.3) is 5.56 Å². The van der Waals surface area contributed by atoms with Crippen LogP contribution in [0.1, 0.15) is 31.1 Å². The Hall–Kier alpha value is -3.34. The van der Waals surface area contributed by atoms with E-state index in [1.807, 2.05) is 6.07 Å². The lowest BCUT2D eigenvalue weighted by Gasteiger charge is -2.17. The zero-order chi connectivity index (χ0) is 26.0. The summed E-state index contributed by atoms with van der Waals surface area (Å²) in [4.78, 5) is 30.6. The second-order valence-electron chi connectivity index (χ2n) is 8.41. The standard InChI is InChI=1S/C25H23BrClN5O4/c1-14-10-20(36-13-15-6-5-7-21(30-15)35-4)22(26)23(33)32(14)19-11-18(29-12-16(19)27)17-8-9-28-24(31-17)25(2,3)34/h5-12,34H,13H2,1-4H3. The Bertz CT molecular complexity index is 1490. The van der Waals surface area contributed by atoms with E-state index in [0.29, 0.717) is 40.1 Å². The van der Waals surface area contributed by atoms with Gasteiger partial charge in [-0.05, 0) is 54.9 Å². The van der Waals surface area contributed by atoms with E-state index >= 15 is 0 Å². The molecule has 0 aromatic carbocycles. The summed E-state index contributed by atoms with van der Waals surface area (Å²) in [7, 11) is 1.54. The minimum Gasteiger partial charge on any atom is -0.486 e. The Morgan fingerprint density at radius 2 is 1.92 bits per heavy atom. The summed E-state index contributed by atoms with van der Waals surface area (Å²) < 4.78 is 12.7. The summed E-state index contributed by atoms with van der Waals surface area (Å²) in [6, 6.07) is 10.4. The van der Waals surface area contributed by atoms with Gasteiger partial charge in [-0.2, -0.15) is 0 Å². The lowest BCUT2D eigenvalue weighted by Crippen LogP contribution is -2.22. The van der Waals surface area contributed by atoms with Crippen molar-refractivity contribution in [1.29, 1.82) is 0 Å². The summed E-state index contributed by atoms with van der Waals surface area (Å²) >= 11 is 9.84. The smallest absolute Gasteiger partial charge is 0.273 e. The number of pyridine rings is 3. The molecule has 0 aliphatic heterocycles. The Morgan fingerprint density at radius 1 is 1.14 bits per heavy atom. The SMILES string of the molecule is COc1cccc(COc2cc(C)n(-c3cc(-c4ccnc(C(C)(C)O)n4)ncc3Cl)c(=O)c2Br)n1. The molecule has 0 atom stereocenters. The molecular weight excluding hydrogens is 550 g/mol. The average molecular weight is 573 g/mol. The molecule has 0 saturated heterocycles. The van der Waals surface area contributed by atoms with Crippen molar-refractivity contribution < 1.29 is 14.6 Å². The molecule has 186 valence electrons. The van der Waals surface area contributed by atoms with E-state index in [1.165, 1.54) is 10.8 Å². The number of methoxy groups -OCH3 is 1. The normalized spacial score (nSPS) is 11.4. The Kier molecular flexibility index (Phi) is 7.39. The molecule has 0 bridgehead atoms. The van der Waals surface area contributed by atoms with Gasteiger partial charge >= 0.3 is 0 Å². The zero-order valence-electron chi connectivity index (χ0n) is 20.0. The highest BCUT2D eigenvalue weighted by Crippen LogP contribution is 2.29. The quantitative estimate of drug-likeness (QED) is 0.341. The molecule has 1 N–H and O–H groups in total. The molecule has 4 rings (SSSR count). The van der Waals surface area contributed by atoms with Crippen LogP contribution >= 0.6 is 27.5 Å². The Balaban J connectivity index is 1.71. The van der Waals surface area contributed by atoms with Gasteiger partial charge in [0.15, 0.2) is 5.82 Å². The van der Waals surface area contributed by atoms with Gasteiger partial charge in [-0.15, -0.1) is 0 Å². The Morgan fingerprint density at radius 3 is 2.64 bits per heavy atom. The first-order chi connectivity index (χ1) is 17.1. The van der Waals surface area contributed by atoms with Crippen LogP contribution in [0.15, 0.2) is 58.1 Å². The van der Waals surface area contributed by atoms with Gasteiger partial charge in [-0.25, -0.2) is 15.0 Å². The summed E-state index contributed by atoms with van der Waals surface area (Å²) in [6.07, 6.45) is 3.00. The number of aliphatic hydroxyl groups is 1. The number of nitrogens with zero attached hydrogens (tertiary/aromatic N) is 5. The maximum Gasteiger partial charge on any atom is 0.273 e. The van der Waals surface area contributed by atoms with Crippen molar-refractivity contribution in [1.82, 2.24) is 24.5 Å². The van der Waals surface area contributed by atoms with Crippen LogP contribution in [0.5, 0.6) is 11.6 Å². The highest BCUT2D eigenvalue weighted by atomic mass is 79.9. The van der Waals surface area contributed by atoms with Crippen LogP contribution in [0.25, 0.3) is 17.1 Å². The van der Waals surface area contributed by atoms with Gasteiger partial charge in [0.1, 0.15) is 22.4 Å². The number of aromatic nitrogens is 5. The molecule has 4 aromatic rings. The van der Waals surface area contributed by atoms with Crippen molar-refractivity contribution in [2.75, 3.05) is 7.11 Å². The van der Waals surface area contributed by atoms with Crippen molar-refractivity contribution in [3.63, 3.8) is 0 Å². The molecule has 4 aromatic heterocycles. The summed E-state index contributed by atoms with van der Waals surface area (Å²) in [5.41, 5.74) is 1.04. The number of hydrogen-bond donors (Lipinski definition) is 1. The predicted molar refractivity (Wildman–Crippen MR) is 139 cm³/mol. The van der Waals surface area contributed by atoms with Gasteiger partial charge in [-0.1, -0.05) is 17.7 Å².